The lowest BCUT2D eigenvalue weighted by Gasteiger charge is -2.19. The second-order valence-corrected chi connectivity index (χ2v) is 5.09. The second-order valence-electron chi connectivity index (χ2n) is 4.14. The summed E-state index contributed by atoms with van der Waals surface area (Å²) in [5, 5.41) is 0. The summed E-state index contributed by atoms with van der Waals surface area (Å²) in [6, 6.07) is 0.625. The van der Waals surface area contributed by atoms with Crippen LogP contribution in [0.25, 0.3) is 0 Å². The van der Waals surface area contributed by atoms with Crippen LogP contribution in [0.15, 0.2) is 15.0 Å². The van der Waals surface area contributed by atoms with Gasteiger partial charge < -0.3 is 4.90 Å². The summed E-state index contributed by atoms with van der Waals surface area (Å²) in [5.41, 5.74) is 1.33. The summed E-state index contributed by atoms with van der Waals surface area (Å²) < 4.78 is 1.31. The molecule has 0 aromatic carbocycles. The smallest absolute Gasteiger partial charge is 0.0603 e. The van der Waals surface area contributed by atoms with Gasteiger partial charge in [0.15, 0.2) is 0 Å². The van der Waals surface area contributed by atoms with Crippen LogP contribution in [-0.4, -0.2) is 37.8 Å². The molecule has 3 heteroatoms. The van der Waals surface area contributed by atoms with E-state index in [1.165, 1.54) is 16.5 Å². The van der Waals surface area contributed by atoms with Crippen LogP contribution >= 0.6 is 15.9 Å². The van der Waals surface area contributed by atoms with Gasteiger partial charge in [-0.1, -0.05) is 15.9 Å². The molecule has 0 fully saturated rings. The molecule has 0 spiro atoms. The van der Waals surface area contributed by atoms with Crippen LogP contribution in [-0.2, 0) is 0 Å². The maximum atomic E-state index is 4.23. The van der Waals surface area contributed by atoms with Gasteiger partial charge in [-0.3, -0.25) is 4.99 Å². The Balaban J connectivity index is 4.05. The molecule has 0 heterocycles. The monoisotopic (exact) mass is 274 g/mol. The Morgan fingerprint density at radius 1 is 1.47 bits per heavy atom. The highest BCUT2D eigenvalue weighted by atomic mass is 79.9. The molecular weight excluding hydrogens is 252 g/mol. The molecule has 0 aliphatic heterocycles. The fraction of sp³-hybridized carbons (Fsp3) is 0.750. The van der Waals surface area contributed by atoms with Gasteiger partial charge in [0.2, 0.25) is 0 Å². The van der Waals surface area contributed by atoms with Crippen LogP contribution < -0.4 is 0 Å². The van der Waals surface area contributed by atoms with Gasteiger partial charge in [0.1, 0.15) is 0 Å². The Morgan fingerprint density at radius 2 is 2.07 bits per heavy atom. The van der Waals surface area contributed by atoms with Crippen molar-refractivity contribution in [3.8, 4) is 0 Å². The number of halogens is 1. The van der Waals surface area contributed by atoms with Gasteiger partial charge >= 0.3 is 0 Å². The van der Waals surface area contributed by atoms with Crippen LogP contribution in [0, 0.1) is 0 Å². The van der Waals surface area contributed by atoms with Gasteiger partial charge in [0.05, 0.1) is 6.54 Å². The predicted octanol–water partition coefficient (Wildman–Crippen LogP) is 3.48. The molecule has 0 amide bonds. The van der Waals surface area contributed by atoms with E-state index >= 15 is 0 Å². The molecule has 0 unspecified atom stereocenters. The molecule has 0 aromatic heterocycles. The summed E-state index contributed by atoms with van der Waals surface area (Å²) in [6.07, 6.45) is 4.14. The SMILES string of the molecule is C/C=N/C/C(C)=C(\Br)CC[C@H](C)N(C)C. The first kappa shape index (κ1) is 14.8. The highest BCUT2D eigenvalue weighted by molar-refractivity contribution is 9.11. The van der Waals surface area contributed by atoms with Crippen molar-refractivity contribution in [3.63, 3.8) is 0 Å². The van der Waals surface area contributed by atoms with Crippen molar-refractivity contribution in [1.82, 2.24) is 4.90 Å². The fourth-order valence-electron chi connectivity index (χ4n) is 1.12. The molecule has 0 aliphatic carbocycles. The highest BCUT2D eigenvalue weighted by Crippen LogP contribution is 2.20. The first-order valence-corrected chi connectivity index (χ1v) is 6.23. The van der Waals surface area contributed by atoms with Crippen molar-refractivity contribution in [2.24, 2.45) is 4.99 Å². The standard InChI is InChI=1S/C12H23BrN2/c1-6-14-9-10(2)12(13)8-7-11(3)15(4)5/h6,11H,7-9H2,1-5H3/b12-10-,14-6+/t11-/m0/s1. The molecule has 0 bridgehead atoms. The minimum atomic E-state index is 0.625. The molecular formula is C12H23BrN2. The van der Waals surface area contributed by atoms with Crippen LogP contribution in [0.1, 0.15) is 33.6 Å². The van der Waals surface area contributed by atoms with Crippen molar-refractivity contribution < 1.29 is 0 Å². The van der Waals surface area contributed by atoms with Gasteiger partial charge in [-0.2, -0.15) is 0 Å². The van der Waals surface area contributed by atoms with Gasteiger partial charge in [0.25, 0.3) is 0 Å². The van der Waals surface area contributed by atoms with Crippen molar-refractivity contribution in [1.29, 1.82) is 0 Å². The van der Waals surface area contributed by atoms with Crippen molar-refractivity contribution >= 4 is 22.1 Å². The summed E-state index contributed by atoms with van der Waals surface area (Å²) in [5.74, 6) is 0. The third-order valence-electron chi connectivity index (χ3n) is 2.64. The zero-order valence-electron chi connectivity index (χ0n) is 10.5. The Hall–Kier alpha value is -0.150. The molecule has 0 N–H and O–H groups in total. The van der Waals surface area contributed by atoms with E-state index in [1.807, 2.05) is 13.1 Å². The minimum absolute atomic E-state index is 0.625. The Morgan fingerprint density at radius 3 is 2.53 bits per heavy atom. The van der Waals surface area contributed by atoms with E-state index in [1.54, 1.807) is 0 Å². The summed E-state index contributed by atoms with van der Waals surface area (Å²) in [6.45, 7) is 7.15. The lowest BCUT2D eigenvalue weighted by atomic mass is 10.1. The Bertz CT molecular complexity index is 232. The number of hydrogen-bond donors (Lipinski definition) is 0. The van der Waals surface area contributed by atoms with Crippen molar-refractivity contribution in [2.45, 2.75) is 39.7 Å². The normalized spacial score (nSPS) is 15.9. The topological polar surface area (TPSA) is 15.6 Å². The van der Waals surface area contributed by atoms with E-state index in [4.69, 9.17) is 0 Å². The van der Waals surface area contributed by atoms with Gasteiger partial charge in [-0.05, 0) is 64.0 Å². The number of allylic oxidation sites excluding steroid dienone is 1. The molecule has 88 valence electrons. The molecule has 0 radical (unpaired) electrons. The average molecular weight is 275 g/mol. The summed E-state index contributed by atoms with van der Waals surface area (Å²) >= 11 is 3.64. The van der Waals surface area contributed by atoms with Crippen LogP contribution in [0.5, 0.6) is 0 Å². The van der Waals surface area contributed by atoms with E-state index in [0.717, 1.165) is 13.0 Å². The van der Waals surface area contributed by atoms with E-state index in [-0.39, 0.29) is 0 Å². The molecule has 0 saturated heterocycles. The first-order valence-electron chi connectivity index (χ1n) is 5.44. The molecule has 0 rings (SSSR count). The molecule has 0 aliphatic rings. The lowest BCUT2D eigenvalue weighted by molar-refractivity contribution is 0.300. The minimum Gasteiger partial charge on any atom is -0.307 e. The second kappa shape index (κ2) is 8.05. The fourth-order valence-corrected chi connectivity index (χ4v) is 1.48. The molecule has 1 atom stereocenters. The third kappa shape index (κ3) is 6.85. The number of nitrogens with zero attached hydrogens (tertiary/aromatic N) is 2. The van der Waals surface area contributed by atoms with Gasteiger partial charge in [0, 0.05) is 6.04 Å². The maximum Gasteiger partial charge on any atom is 0.0603 e. The molecule has 2 nitrogen and oxygen atoms in total. The van der Waals surface area contributed by atoms with Gasteiger partial charge in [-0.15, -0.1) is 0 Å². The van der Waals surface area contributed by atoms with E-state index in [9.17, 15) is 0 Å². The summed E-state index contributed by atoms with van der Waals surface area (Å²) in [7, 11) is 4.24. The highest BCUT2D eigenvalue weighted by Gasteiger charge is 2.06. The van der Waals surface area contributed by atoms with Crippen LogP contribution in [0.2, 0.25) is 0 Å². The largest absolute Gasteiger partial charge is 0.307 e. The Kier molecular flexibility index (Phi) is 7.97. The van der Waals surface area contributed by atoms with Crippen molar-refractivity contribution in [3.05, 3.63) is 10.1 Å². The number of hydrogen-bond acceptors (Lipinski definition) is 2. The Labute approximate surface area is 103 Å². The molecule has 0 aromatic rings. The van der Waals surface area contributed by atoms with Crippen LogP contribution in [0.3, 0.4) is 0 Å². The zero-order valence-corrected chi connectivity index (χ0v) is 12.1. The lowest BCUT2D eigenvalue weighted by Crippen LogP contribution is -2.24. The predicted molar refractivity (Wildman–Crippen MR) is 73.0 cm³/mol. The van der Waals surface area contributed by atoms with Crippen LogP contribution in [0.4, 0.5) is 0 Å². The molecule has 0 saturated carbocycles. The van der Waals surface area contributed by atoms with Gasteiger partial charge in [-0.25, -0.2) is 0 Å². The average Bonchev–Trinajstić information content (AvgIpc) is 2.21. The summed E-state index contributed by atoms with van der Waals surface area (Å²) in [4.78, 5) is 6.48. The maximum absolute atomic E-state index is 4.23. The van der Waals surface area contributed by atoms with Crippen molar-refractivity contribution in [2.75, 3.05) is 20.6 Å². The third-order valence-corrected chi connectivity index (χ3v) is 3.71. The zero-order chi connectivity index (χ0) is 11.8. The molecule has 15 heavy (non-hydrogen) atoms. The number of rotatable bonds is 6. The first-order chi connectivity index (χ1) is 6.99. The van der Waals surface area contributed by atoms with E-state index < -0.39 is 0 Å². The number of aliphatic imine (C=N–C) groups is 1. The quantitative estimate of drug-likeness (QED) is 0.678. The van der Waals surface area contributed by atoms with E-state index in [2.05, 4.69) is 53.8 Å². The van der Waals surface area contributed by atoms with E-state index in [0.29, 0.717) is 6.04 Å².